The number of nitrogens with two attached hydrogens (primary N) is 1. The van der Waals surface area contributed by atoms with E-state index in [4.69, 9.17) is 5.73 Å². The molecule has 2 rings (SSSR count). The van der Waals surface area contributed by atoms with Gasteiger partial charge in [0, 0.05) is 24.3 Å². The molecule has 1 aromatic heterocycles. The molecule has 0 saturated heterocycles. The molecule has 0 radical (unpaired) electrons. The van der Waals surface area contributed by atoms with Crippen LogP contribution in [0.5, 0.6) is 0 Å². The van der Waals surface area contributed by atoms with Gasteiger partial charge in [0.25, 0.3) is 5.69 Å². The highest BCUT2D eigenvalue weighted by Gasteiger charge is 2.09. The first-order chi connectivity index (χ1) is 10.1. The van der Waals surface area contributed by atoms with Crippen molar-refractivity contribution < 1.29 is 9.72 Å². The van der Waals surface area contributed by atoms with E-state index in [0.29, 0.717) is 16.9 Å². The Morgan fingerprint density at radius 1 is 1.48 bits per heavy atom. The van der Waals surface area contributed by atoms with E-state index in [1.165, 1.54) is 24.4 Å². The van der Waals surface area contributed by atoms with Crippen LogP contribution in [0.15, 0.2) is 36.5 Å². The van der Waals surface area contributed by atoms with Crippen LogP contribution < -0.4 is 11.1 Å². The van der Waals surface area contributed by atoms with Crippen LogP contribution in [0.4, 0.5) is 11.5 Å². The third-order valence-corrected chi connectivity index (χ3v) is 2.75. The van der Waals surface area contributed by atoms with Crippen molar-refractivity contribution in [3.63, 3.8) is 0 Å². The molecule has 0 atom stereocenters. The second-order valence-electron chi connectivity index (χ2n) is 4.18. The quantitative estimate of drug-likeness (QED) is 0.433. The lowest BCUT2D eigenvalue weighted by atomic mass is 10.1. The molecular weight excluding hydrogens is 274 g/mol. The number of anilines is 1. The zero-order chi connectivity index (χ0) is 15.2. The Kier molecular flexibility index (Phi) is 4.30. The average molecular weight is 287 g/mol. The lowest BCUT2D eigenvalue weighted by Gasteiger charge is -2.00. The number of nitrogens with one attached hydrogen (secondary N) is 2. The molecule has 0 fully saturated rings. The number of carbonyl (C=O) groups excluding carboxylic acids is 1. The molecule has 0 spiro atoms. The smallest absolute Gasteiger partial charge is 0.276 e. The number of H-pyrrole nitrogens is 1. The topological polar surface area (TPSA) is 127 Å². The summed E-state index contributed by atoms with van der Waals surface area (Å²) in [5, 5.41) is 19.7. The summed E-state index contributed by atoms with van der Waals surface area (Å²) >= 11 is 0. The highest BCUT2D eigenvalue weighted by Crippen LogP contribution is 2.18. The number of nitro benzene ring substituents is 1. The number of aromatic amines is 1. The first-order valence-corrected chi connectivity index (χ1v) is 6.05. The Hall–Kier alpha value is -3.16. The Balaban J connectivity index is 1.99. The third-order valence-electron chi connectivity index (χ3n) is 2.75. The van der Waals surface area contributed by atoms with Crippen LogP contribution in [-0.4, -0.2) is 21.0 Å². The standard InChI is InChI=1S/C13H13N5O3/c14-13-10(8-16-17-13)7-15-12(19)6-5-9-3-1-2-4-11(9)18(20)21/h1-6,8H,7H2,(H,15,19)(H3,14,16,17). The Morgan fingerprint density at radius 2 is 2.24 bits per heavy atom. The van der Waals surface area contributed by atoms with Crippen molar-refractivity contribution in [2.45, 2.75) is 6.54 Å². The van der Waals surface area contributed by atoms with Crippen molar-refractivity contribution >= 4 is 23.5 Å². The maximum Gasteiger partial charge on any atom is 0.276 e. The number of rotatable bonds is 5. The molecule has 0 aliphatic heterocycles. The normalized spacial score (nSPS) is 10.7. The third kappa shape index (κ3) is 3.66. The summed E-state index contributed by atoms with van der Waals surface area (Å²) < 4.78 is 0. The van der Waals surface area contributed by atoms with Crippen LogP contribution in [-0.2, 0) is 11.3 Å². The molecule has 1 aromatic carbocycles. The van der Waals surface area contributed by atoms with E-state index in [1.54, 1.807) is 18.2 Å². The SMILES string of the molecule is Nc1[nH]ncc1CNC(=O)C=Cc1ccccc1[N+](=O)[O-]. The largest absolute Gasteiger partial charge is 0.384 e. The second-order valence-corrected chi connectivity index (χ2v) is 4.18. The molecule has 8 nitrogen and oxygen atoms in total. The minimum Gasteiger partial charge on any atom is -0.384 e. The van der Waals surface area contributed by atoms with E-state index < -0.39 is 4.92 Å². The summed E-state index contributed by atoms with van der Waals surface area (Å²) in [6.45, 7) is 0.225. The highest BCUT2D eigenvalue weighted by atomic mass is 16.6. The Bertz CT molecular complexity index is 693. The van der Waals surface area contributed by atoms with Crippen LogP contribution in [0.3, 0.4) is 0 Å². The minimum atomic E-state index is -0.496. The molecule has 0 aliphatic rings. The number of hydrogen-bond donors (Lipinski definition) is 3. The van der Waals surface area contributed by atoms with Gasteiger partial charge in [0.1, 0.15) is 5.82 Å². The number of nitro groups is 1. The maximum absolute atomic E-state index is 11.7. The van der Waals surface area contributed by atoms with Gasteiger partial charge in [-0.2, -0.15) is 5.10 Å². The van der Waals surface area contributed by atoms with Crippen molar-refractivity contribution in [3.8, 4) is 0 Å². The van der Waals surface area contributed by atoms with E-state index in [-0.39, 0.29) is 18.1 Å². The average Bonchev–Trinajstić information content (AvgIpc) is 2.88. The van der Waals surface area contributed by atoms with Gasteiger partial charge in [-0.3, -0.25) is 20.0 Å². The fraction of sp³-hybridized carbons (Fsp3) is 0.0769. The molecule has 1 amide bonds. The van der Waals surface area contributed by atoms with Gasteiger partial charge in [0.05, 0.1) is 16.7 Å². The highest BCUT2D eigenvalue weighted by molar-refractivity contribution is 5.92. The van der Waals surface area contributed by atoms with Crippen LogP contribution in [0.25, 0.3) is 6.08 Å². The maximum atomic E-state index is 11.7. The van der Waals surface area contributed by atoms with Crippen molar-refractivity contribution in [1.29, 1.82) is 0 Å². The molecule has 0 saturated carbocycles. The Morgan fingerprint density at radius 3 is 2.90 bits per heavy atom. The molecule has 2 aromatic rings. The predicted molar refractivity (Wildman–Crippen MR) is 77.0 cm³/mol. The fourth-order valence-corrected chi connectivity index (χ4v) is 1.66. The van der Waals surface area contributed by atoms with Gasteiger partial charge in [0.2, 0.25) is 5.91 Å². The van der Waals surface area contributed by atoms with Crippen molar-refractivity contribution in [2.75, 3.05) is 5.73 Å². The van der Waals surface area contributed by atoms with E-state index >= 15 is 0 Å². The number of benzene rings is 1. The first kappa shape index (κ1) is 14.3. The molecule has 21 heavy (non-hydrogen) atoms. The van der Waals surface area contributed by atoms with Crippen molar-refractivity contribution in [1.82, 2.24) is 15.5 Å². The van der Waals surface area contributed by atoms with Crippen LogP contribution in [0.2, 0.25) is 0 Å². The van der Waals surface area contributed by atoms with Crippen LogP contribution in [0, 0.1) is 10.1 Å². The Labute approximate surface area is 119 Å². The van der Waals surface area contributed by atoms with Gasteiger partial charge in [-0.25, -0.2) is 0 Å². The molecular formula is C13H13N5O3. The number of hydrogen-bond acceptors (Lipinski definition) is 5. The molecule has 108 valence electrons. The van der Waals surface area contributed by atoms with Crippen LogP contribution >= 0.6 is 0 Å². The van der Waals surface area contributed by atoms with Gasteiger partial charge in [0.15, 0.2) is 0 Å². The van der Waals surface area contributed by atoms with E-state index in [9.17, 15) is 14.9 Å². The molecule has 0 bridgehead atoms. The first-order valence-electron chi connectivity index (χ1n) is 6.05. The molecule has 4 N–H and O–H groups in total. The number of aromatic nitrogens is 2. The lowest BCUT2D eigenvalue weighted by Crippen LogP contribution is -2.20. The number of nitrogen functional groups attached to an aromatic ring is 1. The number of para-hydroxylation sites is 1. The monoisotopic (exact) mass is 287 g/mol. The van der Waals surface area contributed by atoms with Gasteiger partial charge in [-0.15, -0.1) is 0 Å². The van der Waals surface area contributed by atoms with Gasteiger partial charge < -0.3 is 11.1 Å². The van der Waals surface area contributed by atoms with Gasteiger partial charge in [-0.05, 0) is 12.1 Å². The lowest BCUT2D eigenvalue weighted by molar-refractivity contribution is -0.385. The van der Waals surface area contributed by atoms with Crippen molar-refractivity contribution in [3.05, 3.63) is 57.8 Å². The summed E-state index contributed by atoms with van der Waals surface area (Å²) in [4.78, 5) is 22.0. The van der Waals surface area contributed by atoms with Crippen LogP contribution in [0.1, 0.15) is 11.1 Å². The summed E-state index contributed by atoms with van der Waals surface area (Å²) in [5.41, 5.74) is 6.56. The molecule has 1 heterocycles. The van der Waals surface area contributed by atoms with E-state index in [1.807, 2.05) is 0 Å². The summed E-state index contributed by atoms with van der Waals surface area (Å²) in [6, 6.07) is 6.17. The minimum absolute atomic E-state index is 0.0550. The summed E-state index contributed by atoms with van der Waals surface area (Å²) in [6.07, 6.45) is 4.15. The number of carbonyl (C=O) groups is 1. The fourth-order valence-electron chi connectivity index (χ4n) is 1.66. The summed E-state index contributed by atoms with van der Waals surface area (Å²) in [5.74, 6) is 0.00623. The molecule has 8 heteroatoms. The molecule has 0 unspecified atom stereocenters. The van der Waals surface area contributed by atoms with Gasteiger partial charge in [-0.1, -0.05) is 12.1 Å². The zero-order valence-electron chi connectivity index (χ0n) is 10.9. The van der Waals surface area contributed by atoms with E-state index in [0.717, 1.165) is 0 Å². The zero-order valence-corrected chi connectivity index (χ0v) is 10.9. The van der Waals surface area contributed by atoms with Crippen molar-refractivity contribution in [2.24, 2.45) is 0 Å². The predicted octanol–water partition coefficient (Wildman–Crippen LogP) is 1.23. The number of amides is 1. The van der Waals surface area contributed by atoms with E-state index in [2.05, 4.69) is 15.5 Å². The molecule has 0 aliphatic carbocycles. The second kappa shape index (κ2) is 6.33. The van der Waals surface area contributed by atoms with Gasteiger partial charge >= 0.3 is 0 Å². The summed E-state index contributed by atoms with van der Waals surface area (Å²) in [7, 11) is 0. The number of nitrogens with zero attached hydrogens (tertiary/aromatic N) is 2.